The van der Waals surface area contributed by atoms with Crippen molar-refractivity contribution < 1.29 is 22.8 Å². The minimum Gasteiger partial charge on any atom is -0.325 e. The summed E-state index contributed by atoms with van der Waals surface area (Å²) in [5.41, 5.74) is -1.22. The molecule has 0 fully saturated rings. The third-order valence-corrected chi connectivity index (χ3v) is 5.75. The SMILES string of the molecule is O=C1C[C@]2(C(=O)Nc3ccc(C(F)(F)F)cc32)c2cnn(Cc3ccc(Cl)cn3)c2N1. The van der Waals surface area contributed by atoms with Crippen LogP contribution in [0.15, 0.2) is 42.7 Å². The Morgan fingerprint density at radius 3 is 2.61 bits per heavy atom. The largest absolute Gasteiger partial charge is 0.416 e. The summed E-state index contributed by atoms with van der Waals surface area (Å²) in [6.07, 6.45) is -2.05. The van der Waals surface area contributed by atoms with Crippen LogP contribution in [0.5, 0.6) is 0 Å². The number of nitrogens with zero attached hydrogens (tertiary/aromatic N) is 3. The first-order valence-electron chi connectivity index (χ1n) is 9.18. The molecule has 2 aromatic heterocycles. The number of nitrogens with one attached hydrogen (secondary N) is 2. The first-order valence-corrected chi connectivity index (χ1v) is 9.56. The normalized spacial score (nSPS) is 19.7. The summed E-state index contributed by atoms with van der Waals surface area (Å²) in [4.78, 5) is 29.8. The Labute approximate surface area is 178 Å². The van der Waals surface area contributed by atoms with Crippen LogP contribution in [-0.4, -0.2) is 26.6 Å². The molecule has 1 aromatic carbocycles. The molecule has 7 nitrogen and oxygen atoms in total. The number of anilines is 2. The molecular formula is C20H13ClF3N5O2. The lowest BCUT2D eigenvalue weighted by Gasteiger charge is -2.31. The Kier molecular flexibility index (Phi) is 4.13. The van der Waals surface area contributed by atoms with Crippen molar-refractivity contribution in [3.63, 3.8) is 0 Å². The number of alkyl halides is 3. The van der Waals surface area contributed by atoms with Crippen molar-refractivity contribution >= 4 is 34.9 Å². The number of carbonyl (C=O) groups is 2. The molecule has 2 N–H and O–H groups in total. The topological polar surface area (TPSA) is 88.9 Å². The fourth-order valence-electron chi connectivity index (χ4n) is 4.09. The smallest absolute Gasteiger partial charge is 0.325 e. The molecule has 2 aliphatic rings. The molecule has 5 rings (SSSR count). The number of rotatable bonds is 2. The Bertz CT molecular complexity index is 1240. The molecule has 158 valence electrons. The summed E-state index contributed by atoms with van der Waals surface area (Å²) in [5.74, 6) is -0.825. The van der Waals surface area contributed by atoms with Gasteiger partial charge >= 0.3 is 6.18 Å². The predicted octanol–water partition coefficient (Wildman–Crippen LogP) is 3.58. The Morgan fingerprint density at radius 2 is 1.90 bits per heavy atom. The molecule has 0 aliphatic carbocycles. The summed E-state index contributed by atoms with van der Waals surface area (Å²) in [6.45, 7) is 0.167. The molecule has 0 radical (unpaired) electrons. The van der Waals surface area contributed by atoms with Crippen LogP contribution in [0.2, 0.25) is 5.02 Å². The van der Waals surface area contributed by atoms with Crippen LogP contribution in [0.4, 0.5) is 24.7 Å². The van der Waals surface area contributed by atoms with Crippen LogP contribution >= 0.6 is 11.6 Å². The monoisotopic (exact) mass is 447 g/mol. The lowest BCUT2D eigenvalue weighted by atomic mass is 9.71. The molecule has 0 saturated carbocycles. The Hall–Kier alpha value is -3.40. The van der Waals surface area contributed by atoms with Crippen LogP contribution in [0.1, 0.15) is 28.8 Å². The molecule has 4 heterocycles. The highest BCUT2D eigenvalue weighted by Gasteiger charge is 2.55. The van der Waals surface area contributed by atoms with Crippen LogP contribution in [-0.2, 0) is 27.7 Å². The second-order valence-corrected chi connectivity index (χ2v) is 7.81. The molecule has 0 unspecified atom stereocenters. The van der Waals surface area contributed by atoms with Gasteiger partial charge in [0.1, 0.15) is 11.2 Å². The maximum Gasteiger partial charge on any atom is 0.416 e. The van der Waals surface area contributed by atoms with Crippen molar-refractivity contribution in [1.82, 2.24) is 14.8 Å². The Balaban J connectivity index is 1.65. The molecule has 1 spiro atoms. The average Bonchev–Trinajstić information content (AvgIpc) is 3.22. The average molecular weight is 448 g/mol. The highest BCUT2D eigenvalue weighted by molar-refractivity contribution is 6.30. The van der Waals surface area contributed by atoms with Crippen LogP contribution in [0, 0.1) is 0 Å². The lowest BCUT2D eigenvalue weighted by Crippen LogP contribution is -2.43. The predicted molar refractivity (Wildman–Crippen MR) is 105 cm³/mol. The van der Waals surface area contributed by atoms with Crippen molar-refractivity contribution in [3.05, 3.63) is 70.1 Å². The fraction of sp³-hybridized carbons (Fsp3) is 0.200. The van der Waals surface area contributed by atoms with Crippen molar-refractivity contribution in [2.24, 2.45) is 0 Å². The zero-order valence-corrected chi connectivity index (χ0v) is 16.4. The number of pyridine rings is 1. The summed E-state index contributed by atoms with van der Waals surface area (Å²) < 4.78 is 41.5. The van der Waals surface area contributed by atoms with Gasteiger partial charge in [-0.25, -0.2) is 4.68 Å². The van der Waals surface area contributed by atoms with Gasteiger partial charge < -0.3 is 10.6 Å². The minimum atomic E-state index is -4.59. The van der Waals surface area contributed by atoms with Crippen molar-refractivity contribution in [3.8, 4) is 0 Å². The van der Waals surface area contributed by atoms with Crippen LogP contribution in [0.3, 0.4) is 0 Å². The van der Waals surface area contributed by atoms with E-state index < -0.39 is 29.0 Å². The molecule has 31 heavy (non-hydrogen) atoms. The third-order valence-electron chi connectivity index (χ3n) is 5.53. The van der Waals surface area contributed by atoms with E-state index in [2.05, 4.69) is 20.7 Å². The maximum atomic E-state index is 13.3. The number of amides is 2. The van der Waals surface area contributed by atoms with Gasteiger partial charge in [-0.1, -0.05) is 11.6 Å². The minimum absolute atomic E-state index is 0.104. The molecule has 2 aliphatic heterocycles. The zero-order chi connectivity index (χ0) is 22.0. The summed E-state index contributed by atoms with van der Waals surface area (Å²) in [6, 6.07) is 6.37. The van der Waals surface area contributed by atoms with E-state index in [1.165, 1.54) is 23.1 Å². The van der Waals surface area contributed by atoms with Gasteiger partial charge in [0.05, 0.1) is 29.0 Å². The highest BCUT2D eigenvalue weighted by atomic mass is 35.5. The van der Waals surface area contributed by atoms with Gasteiger partial charge in [0.2, 0.25) is 11.8 Å². The van der Waals surface area contributed by atoms with E-state index in [4.69, 9.17) is 11.6 Å². The number of halogens is 4. The second-order valence-electron chi connectivity index (χ2n) is 7.37. The number of hydrogen-bond donors (Lipinski definition) is 2. The molecule has 2 amide bonds. The Morgan fingerprint density at radius 1 is 1.10 bits per heavy atom. The van der Waals surface area contributed by atoms with Gasteiger partial charge in [0, 0.05) is 23.9 Å². The maximum absolute atomic E-state index is 13.3. The quantitative estimate of drug-likeness (QED) is 0.628. The van der Waals surface area contributed by atoms with Crippen molar-refractivity contribution in [2.45, 2.75) is 24.6 Å². The molecule has 0 bridgehead atoms. The van der Waals surface area contributed by atoms with Crippen molar-refractivity contribution in [1.29, 1.82) is 0 Å². The van der Waals surface area contributed by atoms with Gasteiger partial charge in [-0.2, -0.15) is 18.3 Å². The summed E-state index contributed by atoms with van der Waals surface area (Å²) in [7, 11) is 0. The third kappa shape index (κ3) is 2.97. The number of carbonyl (C=O) groups excluding carboxylic acids is 2. The van der Waals surface area contributed by atoms with Gasteiger partial charge in [-0.15, -0.1) is 0 Å². The molecule has 1 atom stereocenters. The first kappa shape index (κ1) is 19.6. The lowest BCUT2D eigenvalue weighted by molar-refractivity contribution is -0.137. The standard InChI is InChI=1S/C20H13ClF3N5O2/c21-11-2-3-12(25-7-11)9-29-17-14(8-26-29)19(6-16(30)28-17)13-5-10(20(22,23)24)1-4-15(13)27-18(19)31/h1-5,7-8H,6,9H2,(H,27,31)(H,28,30)/t19-/m1/s1. The van der Waals surface area contributed by atoms with E-state index >= 15 is 0 Å². The van der Waals surface area contributed by atoms with E-state index in [-0.39, 0.29) is 30.0 Å². The van der Waals surface area contributed by atoms with E-state index in [0.717, 1.165) is 12.1 Å². The van der Waals surface area contributed by atoms with Crippen LogP contribution in [0.25, 0.3) is 0 Å². The number of aromatic nitrogens is 3. The van der Waals surface area contributed by atoms with Gasteiger partial charge in [0.15, 0.2) is 0 Å². The number of hydrogen-bond acceptors (Lipinski definition) is 4. The zero-order valence-electron chi connectivity index (χ0n) is 15.6. The molecule has 11 heteroatoms. The summed E-state index contributed by atoms with van der Waals surface area (Å²) in [5, 5.41) is 10.0. The van der Waals surface area contributed by atoms with Crippen molar-refractivity contribution in [2.75, 3.05) is 10.6 Å². The first-order chi connectivity index (χ1) is 14.7. The van der Waals surface area contributed by atoms with E-state index in [9.17, 15) is 22.8 Å². The van der Waals surface area contributed by atoms with Gasteiger partial charge in [-0.3, -0.25) is 14.6 Å². The van der Waals surface area contributed by atoms with E-state index in [0.29, 0.717) is 16.3 Å². The molecular weight excluding hydrogens is 435 g/mol. The summed E-state index contributed by atoms with van der Waals surface area (Å²) >= 11 is 5.85. The second kappa shape index (κ2) is 6.55. The van der Waals surface area contributed by atoms with Crippen LogP contribution < -0.4 is 10.6 Å². The van der Waals surface area contributed by atoms with Gasteiger partial charge in [0.25, 0.3) is 0 Å². The number of benzene rings is 1. The van der Waals surface area contributed by atoms with E-state index in [1.807, 2.05) is 0 Å². The van der Waals surface area contributed by atoms with E-state index in [1.54, 1.807) is 12.1 Å². The fourth-order valence-corrected chi connectivity index (χ4v) is 4.20. The molecule has 0 saturated heterocycles. The molecule has 3 aromatic rings. The highest BCUT2D eigenvalue weighted by Crippen LogP contribution is 2.51. The van der Waals surface area contributed by atoms with Gasteiger partial charge in [-0.05, 0) is 35.9 Å². The number of fused-ring (bicyclic) bond motifs is 4.